The van der Waals surface area contributed by atoms with Crippen LogP contribution in [0.5, 0.6) is 0 Å². The van der Waals surface area contributed by atoms with Crippen molar-refractivity contribution in [3.8, 4) is 22.5 Å². The van der Waals surface area contributed by atoms with Gasteiger partial charge in [-0.15, -0.1) is 0 Å². The zero-order chi connectivity index (χ0) is 68.1. The molecule has 0 amide bonds. The first-order valence-corrected chi connectivity index (χ1v) is 35.3. The van der Waals surface area contributed by atoms with Crippen LogP contribution in [0.2, 0.25) is 0 Å². The Morgan fingerprint density at radius 3 is 1.43 bits per heavy atom. The summed E-state index contributed by atoms with van der Waals surface area (Å²) >= 11 is 0. The van der Waals surface area contributed by atoms with Gasteiger partial charge in [0.2, 0.25) is 0 Å². The van der Waals surface area contributed by atoms with Crippen LogP contribution < -0.4 is 36.8 Å². The van der Waals surface area contributed by atoms with Crippen LogP contribution in [0, 0.1) is 0 Å². The summed E-state index contributed by atoms with van der Waals surface area (Å²) in [6.45, 7) is 23.3. The average molecular weight is 1290 g/mol. The smallest absolute Gasteiger partial charge is 0.252 e. The average Bonchev–Trinajstić information content (AvgIpc) is 1.26. The van der Waals surface area contributed by atoms with Gasteiger partial charge >= 0.3 is 0 Å². The molecule has 2 N–H and O–H groups in total. The van der Waals surface area contributed by atoms with Crippen LogP contribution >= 0.6 is 0 Å². The Kier molecular flexibility index (Phi) is 15.5. The molecule has 99 heavy (non-hydrogen) atoms. The molecule has 0 saturated carbocycles. The summed E-state index contributed by atoms with van der Waals surface area (Å²) in [4.78, 5) is 5.34. The van der Waals surface area contributed by atoms with Crippen LogP contribution in [0.15, 0.2) is 291 Å². The van der Waals surface area contributed by atoms with Gasteiger partial charge in [0.05, 0.1) is 33.5 Å². The van der Waals surface area contributed by atoms with Crippen molar-refractivity contribution in [2.45, 2.75) is 91.9 Å². The first-order valence-electron chi connectivity index (χ1n) is 35.3. The second kappa shape index (κ2) is 24.5. The predicted molar refractivity (Wildman–Crippen MR) is 425 cm³/mol. The second-order valence-corrected chi connectivity index (χ2v) is 30.1. The maximum Gasteiger partial charge on any atom is 0.252 e. The zero-order valence-corrected chi connectivity index (χ0v) is 58.8. The quantitative estimate of drug-likeness (QED) is 0.0945. The molecule has 0 unspecified atom stereocenters. The highest BCUT2D eigenvalue weighted by Crippen LogP contribution is 2.50. The van der Waals surface area contributed by atoms with Gasteiger partial charge in [-0.05, 0) is 150 Å². The van der Waals surface area contributed by atoms with E-state index < -0.39 is 0 Å². The summed E-state index contributed by atoms with van der Waals surface area (Å²) < 4.78 is 4.98. The van der Waals surface area contributed by atoms with Gasteiger partial charge in [-0.2, -0.15) is 0 Å². The lowest BCUT2D eigenvalue weighted by Crippen LogP contribution is -2.62. The van der Waals surface area contributed by atoms with Gasteiger partial charge in [-0.1, -0.05) is 269 Å². The van der Waals surface area contributed by atoms with E-state index in [0.717, 1.165) is 85.3 Å². The molecule has 3 aliphatic heterocycles. The SMILES string of the molecule is CC/C=C/C=C(/C(=C\NC)c1ccc(C(C)(C)C)cc1)N1c2cc(-n3c4ccccc4c4ccccc43)ccc2B2c3ccc(-n4c5ccccc5c5ccccc54)cc3N(C3=C(c4ccc(C(C)(C)C)cc4)CNC=C3c3ccc(C(C)(C)C)cc3)c3cc(-c4ccccc4)cc1c32. The van der Waals surface area contributed by atoms with E-state index in [0.29, 0.717) is 6.54 Å². The molecule has 0 fully saturated rings. The fraction of sp³-hybridized carbons (Fsp3) is 0.174. The molecule has 0 aliphatic carbocycles. The van der Waals surface area contributed by atoms with Crippen molar-refractivity contribution < 1.29 is 0 Å². The van der Waals surface area contributed by atoms with Crippen molar-refractivity contribution in [2.75, 3.05) is 23.4 Å². The third-order valence-corrected chi connectivity index (χ3v) is 20.8. The van der Waals surface area contributed by atoms with Crippen LogP contribution in [0.25, 0.3) is 82.8 Å². The van der Waals surface area contributed by atoms with E-state index in [-0.39, 0.29) is 23.0 Å². The molecule has 0 atom stereocenters. The van der Waals surface area contributed by atoms with Crippen molar-refractivity contribution in [1.82, 2.24) is 19.8 Å². The van der Waals surface area contributed by atoms with Crippen molar-refractivity contribution >= 4 is 106 Å². The Hall–Kier alpha value is -11.0. The third-order valence-electron chi connectivity index (χ3n) is 20.8. The Morgan fingerprint density at radius 1 is 0.465 bits per heavy atom. The number of anilines is 4. The number of nitrogens with zero attached hydrogens (tertiary/aromatic N) is 4. The summed E-state index contributed by atoms with van der Waals surface area (Å²) in [7, 11) is 2.03. The van der Waals surface area contributed by atoms with Gasteiger partial charge in [-0.25, -0.2) is 0 Å². The highest BCUT2D eigenvalue weighted by Gasteiger charge is 2.46. The number of hydrogen-bond acceptors (Lipinski definition) is 4. The van der Waals surface area contributed by atoms with E-state index >= 15 is 0 Å². The van der Waals surface area contributed by atoms with E-state index in [1.54, 1.807) is 0 Å². The Morgan fingerprint density at radius 2 is 0.929 bits per heavy atom. The third kappa shape index (κ3) is 10.8. The zero-order valence-electron chi connectivity index (χ0n) is 58.8. The second-order valence-electron chi connectivity index (χ2n) is 30.1. The number of hydrogen-bond donors (Lipinski definition) is 2. The number of para-hydroxylation sites is 4. The predicted octanol–water partition coefficient (Wildman–Crippen LogP) is 21.0. The van der Waals surface area contributed by atoms with Gasteiger partial charge in [-0.3, -0.25) is 0 Å². The lowest BCUT2D eigenvalue weighted by atomic mass is 9.33. The van der Waals surface area contributed by atoms with Gasteiger partial charge in [0.15, 0.2) is 0 Å². The molecule has 0 spiro atoms. The Bertz CT molecular complexity index is 5390. The van der Waals surface area contributed by atoms with Crippen molar-refractivity contribution in [3.05, 3.63) is 324 Å². The standard InChI is InChI=1S/C92H85BN6/c1-12-13-15-32-83(74(57-94-11)61-37-43-65(44-38-61)90(2,3)4)98-84-55-68(96-79-33-22-18-28-70(79)71-29-19-23-34-80(71)96)49-51-77(84)93-78-52-50-69(97-81-35-24-20-30-72(81)73-31-21-25-36-82(73)97)56-85(78)99(87-54-64(53-86(98)88(87)93)60-26-16-14-17-27-60)89-75(62-39-45-66(46-40-62)91(5,6)7)58-95-59-76(89)63-41-47-67(48-42-63)92(8,9)10/h13-58,94-95H,12,59H2,1-11H3/b15-13+,74-57-,83-32-. The molecule has 11 aromatic carbocycles. The molecule has 0 bridgehead atoms. The van der Waals surface area contributed by atoms with E-state index in [2.05, 4.69) is 378 Å². The van der Waals surface area contributed by atoms with Crippen molar-refractivity contribution in [2.24, 2.45) is 0 Å². The van der Waals surface area contributed by atoms with E-state index in [1.165, 1.54) is 87.8 Å². The Balaban J connectivity index is 1.07. The van der Waals surface area contributed by atoms with Gasteiger partial charge in [0, 0.05) is 98.4 Å². The van der Waals surface area contributed by atoms with Crippen LogP contribution in [-0.4, -0.2) is 29.4 Å². The fourth-order valence-corrected chi connectivity index (χ4v) is 15.7. The Labute approximate surface area is 584 Å². The number of rotatable bonds is 12. The fourth-order valence-electron chi connectivity index (χ4n) is 15.7. The summed E-state index contributed by atoms with van der Waals surface area (Å²) in [6.07, 6.45) is 12.3. The molecule has 7 heteroatoms. The van der Waals surface area contributed by atoms with Gasteiger partial charge in [0.25, 0.3) is 6.71 Å². The molecule has 2 aromatic heterocycles. The number of benzene rings is 11. The summed E-state index contributed by atoms with van der Waals surface area (Å²) in [6, 6.07) is 94.6. The topological polar surface area (TPSA) is 40.4 Å². The van der Waals surface area contributed by atoms with Gasteiger partial charge < -0.3 is 29.6 Å². The first-order chi connectivity index (χ1) is 48.0. The summed E-state index contributed by atoms with van der Waals surface area (Å²) in [5.74, 6) is 0. The van der Waals surface area contributed by atoms with E-state index in [9.17, 15) is 0 Å². The minimum atomic E-state index is -0.234. The van der Waals surface area contributed by atoms with E-state index in [1.807, 2.05) is 7.05 Å². The van der Waals surface area contributed by atoms with Crippen LogP contribution in [0.4, 0.5) is 22.7 Å². The number of aromatic nitrogens is 2. The number of fused-ring (bicyclic) bond motifs is 10. The monoisotopic (exact) mass is 1280 g/mol. The van der Waals surface area contributed by atoms with E-state index in [4.69, 9.17) is 0 Å². The molecule has 3 aliphatic rings. The minimum absolute atomic E-state index is 0.0359. The van der Waals surface area contributed by atoms with Gasteiger partial charge in [0.1, 0.15) is 0 Å². The first kappa shape index (κ1) is 62.8. The number of nitrogens with one attached hydrogen (secondary N) is 2. The molecule has 486 valence electrons. The largest absolute Gasteiger partial charge is 0.393 e. The van der Waals surface area contributed by atoms with Crippen molar-refractivity contribution in [1.29, 1.82) is 0 Å². The lowest BCUT2D eigenvalue weighted by Gasteiger charge is -2.47. The van der Waals surface area contributed by atoms with Crippen LogP contribution in [0.1, 0.15) is 109 Å². The molecule has 6 nitrogen and oxygen atoms in total. The molecule has 5 heterocycles. The molecule has 16 rings (SSSR count). The highest BCUT2D eigenvalue weighted by atomic mass is 15.2. The molecular weight excluding hydrogens is 1200 g/mol. The normalized spacial score (nSPS) is 14.3. The number of dihydropyridines is 1. The molecule has 0 radical (unpaired) electrons. The minimum Gasteiger partial charge on any atom is -0.393 e. The lowest BCUT2D eigenvalue weighted by molar-refractivity contribution is 0.590. The highest BCUT2D eigenvalue weighted by molar-refractivity contribution is 7.00. The molecule has 13 aromatic rings. The molecule has 0 saturated heterocycles. The maximum absolute atomic E-state index is 3.91. The summed E-state index contributed by atoms with van der Waals surface area (Å²) in [5, 5.41) is 12.4. The summed E-state index contributed by atoms with van der Waals surface area (Å²) in [5.41, 5.74) is 30.0. The maximum atomic E-state index is 3.91. The van der Waals surface area contributed by atoms with Crippen molar-refractivity contribution in [3.63, 3.8) is 0 Å². The van der Waals surface area contributed by atoms with Crippen LogP contribution in [0.3, 0.4) is 0 Å². The molecular formula is C92H85BN6. The van der Waals surface area contributed by atoms with Crippen LogP contribution in [-0.2, 0) is 16.2 Å². The number of allylic oxidation sites excluding steroid dienone is 5.